The molecule has 0 aromatic heterocycles. The molecule has 0 bridgehead atoms. The summed E-state index contributed by atoms with van der Waals surface area (Å²) in [6, 6.07) is 0. The van der Waals surface area contributed by atoms with Crippen molar-refractivity contribution in [2.24, 2.45) is 0 Å². The van der Waals surface area contributed by atoms with Crippen molar-refractivity contribution >= 4 is 17.3 Å². The molecule has 0 aliphatic rings. The van der Waals surface area contributed by atoms with Gasteiger partial charge in [0.25, 0.3) is 0 Å². The molecule has 0 fully saturated rings. The summed E-state index contributed by atoms with van der Waals surface area (Å²) in [6.45, 7) is 6.17. The molecule has 72 valence electrons. The second-order valence-electron chi connectivity index (χ2n) is 2.85. The fourth-order valence-corrected chi connectivity index (χ4v) is 1.22. The van der Waals surface area contributed by atoms with E-state index in [1.165, 1.54) is 25.7 Å². The van der Waals surface area contributed by atoms with E-state index in [2.05, 4.69) is 17.6 Å². The van der Waals surface area contributed by atoms with Crippen LogP contribution in [0.4, 0.5) is 0 Å². The molecule has 0 saturated heterocycles. The molecule has 12 heavy (non-hydrogen) atoms. The van der Waals surface area contributed by atoms with E-state index in [9.17, 15) is 0 Å². The monoisotopic (exact) mass is 188 g/mol. The average molecular weight is 188 g/mol. The molecule has 0 heterocycles. The number of nitrogens with one attached hydrogen (secondary N) is 2. The number of unbranched alkanes of at least 4 members (excludes halogenated alkanes) is 3. The fraction of sp³-hybridized carbons (Fsp3) is 0.889. The fourth-order valence-electron chi connectivity index (χ4n) is 0.977. The highest BCUT2D eigenvalue weighted by atomic mass is 32.1. The van der Waals surface area contributed by atoms with Gasteiger partial charge in [0.1, 0.15) is 0 Å². The normalized spacial score (nSPS) is 9.50. The van der Waals surface area contributed by atoms with E-state index in [1.54, 1.807) is 0 Å². The first-order valence-corrected chi connectivity index (χ1v) is 5.23. The quantitative estimate of drug-likeness (QED) is 0.493. The van der Waals surface area contributed by atoms with Crippen LogP contribution in [0.5, 0.6) is 0 Å². The Hall–Kier alpha value is -0.310. The Labute approximate surface area is 81.1 Å². The number of hydrogen-bond donors (Lipinski definition) is 2. The summed E-state index contributed by atoms with van der Waals surface area (Å²) < 4.78 is 0. The molecule has 0 aliphatic heterocycles. The first kappa shape index (κ1) is 11.7. The summed E-state index contributed by atoms with van der Waals surface area (Å²) >= 11 is 5.01. The summed E-state index contributed by atoms with van der Waals surface area (Å²) in [5.74, 6) is 0. The lowest BCUT2D eigenvalue weighted by atomic mass is 10.2. The van der Waals surface area contributed by atoms with E-state index >= 15 is 0 Å². The van der Waals surface area contributed by atoms with Gasteiger partial charge in [-0.15, -0.1) is 0 Å². The standard InChI is InChI=1S/C9H20N2S/c1-3-5-6-7-8-11-9(12)10-4-2/h3-8H2,1-2H3,(H2,10,11,12). The number of thiocarbonyl (C=S) groups is 1. The Morgan fingerprint density at radius 1 is 1.08 bits per heavy atom. The Morgan fingerprint density at radius 3 is 2.42 bits per heavy atom. The predicted octanol–water partition coefficient (Wildman–Crippen LogP) is 2.05. The van der Waals surface area contributed by atoms with Crippen molar-refractivity contribution in [1.82, 2.24) is 10.6 Å². The molecular weight excluding hydrogens is 168 g/mol. The molecular formula is C9H20N2S. The topological polar surface area (TPSA) is 24.1 Å². The summed E-state index contributed by atoms with van der Waals surface area (Å²) in [5, 5.41) is 7.01. The first-order chi connectivity index (χ1) is 5.81. The summed E-state index contributed by atoms with van der Waals surface area (Å²) in [4.78, 5) is 0. The van der Waals surface area contributed by atoms with Crippen LogP contribution in [0.2, 0.25) is 0 Å². The SMILES string of the molecule is CCCCCCNC(=S)NCC. The van der Waals surface area contributed by atoms with E-state index in [0.717, 1.165) is 18.2 Å². The van der Waals surface area contributed by atoms with E-state index in [-0.39, 0.29) is 0 Å². The largest absolute Gasteiger partial charge is 0.363 e. The molecule has 0 atom stereocenters. The lowest BCUT2D eigenvalue weighted by Crippen LogP contribution is -2.35. The zero-order valence-electron chi connectivity index (χ0n) is 8.15. The summed E-state index contributed by atoms with van der Waals surface area (Å²) in [6.07, 6.45) is 5.14. The van der Waals surface area contributed by atoms with E-state index < -0.39 is 0 Å². The van der Waals surface area contributed by atoms with Gasteiger partial charge in [-0.1, -0.05) is 26.2 Å². The van der Waals surface area contributed by atoms with Gasteiger partial charge in [-0.05, 0) is 25.6 Å². The van der Waals surface area contributed by atoms with Gasteiger partial charge in [0, 0.05) is 13.1 Å². The van der Waals surface area contributed by atoms with Crippen LogP contribution in [0.15, 0.2) is 0 Å². The van der Waals surface area contributed by atoms with Crippen LogP contribution in [0, 0.1) is 0 Å². The van der Waals surface area contributed by atoms with E-state index in [1.807, 2.05) is 6.92 Å². The van der Waals surface area contributed by atoms with Crippen molar-refractivity contribution < 1.29 is 0 Å². The lowest BCUT2D eigenvalue weighted by molar-refractivity contribution is 0.651. The van der Waals surface area contributed by atoms with Crippen LogP contribution in [0.3, 0.4) is 0 Å². The third kappa shape index (κ3) is 7.79. The second-order valence-corrected chi connectivity index (χ2v) is 3.26. The molecule has 0 spiro atoms. The minimum atomic E-state index is 0.786. The Morgan fingerprint density at radius 2 is 1.83 bits per heavy atom. The highest BCUT2D eigenvalue weighted by Crippen LogP contribution is 1.96. The van der Waals surface area contributed by atoms with Gasteiger partial charge in [0.15, 0.2) is 5.11 Å². The predicted molar refractivity (Wildman–Crippen MR) is 58.4 cm³/mol. The second kappa shape index (κ2) is 8.78. The van der Waals surface area contributed by atoms with E-state index in [4.69, 9.17) is 12.2 Å². The van der Waals surface area contributed by atoms with Crippen molar-refractivity contribution in [3.05, 3.63) is 0 Å². The summed E-state index contributed by atoms with van der Waals surface area (Å²) in [7, 11) is 0. The van der Waals surface area contributed by atoms with Crippen LogP contribution in [-0.4, -0.2) is 18.2 Å². The first-order valence-electron chi connectivity index (χ1n) is 4.83. The number of hydrogen-bond acceptors (Lipinski definition) is 1. The molecule has 0 unspecified atom stereocenters. The maximum Gasteiger partial charge on any atom is 0.166 e. The molecule has 3 heteroatoms. The minimum Gasteiger partial charge on any atom is -0.363 e. The smallest absolute Gasteiger partial charge is 0.166 e. The lowest BCUT2D eigenvalue weighted by Gasteiger charge is -2.07. The van der Waals surface area contributed by atoms with Crippen LogP contribution in [-0.2, 0) is 0 Å². The van der Waals surface area contributed by atoms with Crippen molar-refractivity contribution in [2.75, 3.05) is 13.1 Å². The number of rotatable bonds is 6. The van der Waals surface area contributed by atoms with Gasteiger partial charge in [-0.3, -0.25) is 0 Å². The highest BCUT2D eigenvalue weighted by molar-refractivity contribution is 7.80. The van der Waals surface area contributed by atoms with Crippen LogP contribution in [0.25, 0.3) is 0 Å². The van der Waals surface area contributed by atoms with Gasteiger partial charge >= 0.3 is 0 Å². The molecule has 0 saturated carbocycles. The third-order valence-corrected chi connectivity index (χ3v) is 1.94. The Bertz CT molecular complexity index is 115. The maximum atomic E-state index is 5.01. The molecule has 0 aromatic carbocycles. The zero-order chi connectivity index (χ0) is 9.23. The molecule has 0 amide bonds. The van der Waals surface area contributed by atoms with Crippen LogP contribution >= 0.6 is 12.2 Å². The van der Waals surface area contributed by atoms with Gasteiger partial charge < -0.3 is 10.6 Å². The molecule has 0 aliphatic carbocycles. The van der Waals surface area contributed by atoms with E-state index in [0.29, 0.717) is 0 Å². The van der Waals surface area contributed by atoms with Crippen LogP contribution in [0.1, 0.15) is 39.5 Å². The van der Waals surface area contributed by atoms with Crippen LogP contribution < -0.4 is 10.6 Å². The molecule has 0 radical (unpaired) electrons. The van der Waals surface area contributed by atoms with Crippen molar-refractivity contribution in [2.45, 2.75) is 39.5 Å². The maximum absolute atomic E-state index is 5.01. The minimum absolute atomic E-state index is 0.786. The van der Waals surface area contributed by atoms with Crippen molar-refractivity contribution in [1.29, 1.82) is 0 Å². The van der Waals surface area contributed by atoms with Gasteiger partial charge in [-0.25, -0.2) is 0 Å². The highest BCUT2D eigenvalue weighted by Gasteiger charge is 1.91. The van der Waals surface area contributed by atoms with Gasteiger partial charge in [-0.2, -0.15) is 0 Å². The van der Waals surface area contributed by atoms with Crippen molar-refractivity contribution in [3.8, 4) is 0 Å². The molecule has 0 rings (SSSR count). The molecule has 0 aromatic rings. The zero-order valence-corrected chi connectivity index (χ0v) is 8.97. The average Bonchev–Trinajstić information content (AvgIpc) is 2.05. The van der Waals surface area contributed by atoms with Gasteiger partial charge in [0.05, 0.1) is 0 Å². The Balaban J connectivity index is 3.03. The third-order valence-electron chi connectivity index (χ3n) is 1.65. The summed E-state index contributed by atoms with van der Waals surface area (Å²) in [5.41, 5.74) is 0. The van der Waals surface area contributed by atoms with Crippen molar-refractivity contribution in [3.63, 3.8) is 0 Å². The van der Waals surface area contributed by atoms with Gasteiger partial charge in [0.2, 0.25) is 0 Å². The Kier molecular flexibility index (Phi) is 8.56. The molecule has 2 N–H and O–H groups in total. The molecule has 2 nitrogen and oxygen atoms in total.